The van der Waals surface area contributed by atoms with Gasteiger partial charge < -0.3 is 15.6 Å². The van der Waals surface area contributed by atoms with Gasteiger partial charge in [-0.2, -0.15) is 0 Å². The first-order chi connectivity index (χ1) is 13.6. The number of thiophene rings is 2. The smallest absolute Gasteiger partial charge is 0.233 e. The van der Waals surface area contributed by atoms with Crippen molar-refractivity contribution in [1.29, 1.82) is 0 Å². The Labute approximate surface area is 175 Å². The summed E-state index contributed by atoms with van der Waals surface area (Å²) in [5, 5.41) is 4.80. The first-order valence-electron chi connectivity index (χ1n) is 8.99. The number of H-pyrrole nitrogens is 1. The fourth-order valence-corrected chi connectivity index (χ4v) is 5.49. The Balaban J connectivity index is 1.47. The topological polar surface area (TPSA) is 92.1 Å². The monoisotopic (exact) mass is 432 g/mol. The van der Waals surface area contributed by atoms with Crippen LogP contribution < -0.4 is 5.73 Å². The Kier molecular flexibility index (Phi) is 5.84. The van der Waals surface area contributed by atoms with Crippen molar-refractivity contribution in [2.75, 3.05) is 18.8 Å². The highest BCUT2D eigenvalue weighted by Gasteiger charge is 2.27. The van der Waals surface area contributed by atoms with Gasteiger partial charge in [0.2, 0.25) is 11.8 Å². The first kappa shape index (κ1) is 19.2. The number of amides is 2. The zero-order valence-corrected chi connectivity index (χ0v) is 17.5. The number of aromatic amines is 1. The van der Waals surface area contributed by atoms with Crippen LogP contribution in [0, 0.1) is 5.92 Å². The van der Waals surface area contributed by atoms with Crippen LogP contribution in [0.3, 0.4) is 0 Å². The van der Waals surface area contributed by atoms with Gasteiger partial charge in [-0.25, -0.2) is 4.98 Å². The molecule has 0 unspecified atom stereocenters. The van der Waals surface area contributed by atoms with E-state index in [1.807, 2.05) is 22.9 Å². The summed E-state index contributed by atoms with van der Waals surface area (Å²) >= 11 is 4.70. The van der Waals surface area contributed by atoms with Crippen LogP contribution in [0.4, 0.5) is 0 Å². The van der Waals surface area contributed by atoms with Crippen LogP contribution in [-0.2, 0) is 9.59 Å². The highest BCUT2D eigenvalue weighted by molar-refractivity contribution is 7.99. The molecule has 0 aromatic carbocycles. The lowest BCUT2D eigenvalue weighted by Gasteiger charge is -2.31. The van der Waals surface area contributed by atoms with Gasteiger partial charge in [0, 0.05) is 13.1 Å². The fraction of sp³-hybridized carbons (Fsp3) is 0.316. The molecule has 9 heteroatoms. The molecule has 3 N–H and O–H groups in total. The van der Waals surface area contributed by atoms with Crippen molar-refractivity contribution in [2.45, 2.75) is 18.0 Å². The lowest BCUT2D eigenvalue weighted by molar-refractivity contribution is -0.132. The summed E-state index contributed by atoms with van der Waals surface area (Å²) in [7, 11) is 0. The van der Waals surface area contributed by atoms with Gasteiger partial charge in [0.05, 0.1) is 27.1 Å². The molecular weight excluding hydrogens is 412 g/mol. The summed E-state index contributed by atoms with van der Waals surface area (Å²) in [5.41, 5.74) is 7.31. The number of piperidine rings is 1. The van der Waals surface area contributed by atoms with Crippen LogP contribution in [-0.4, -0.2) is 45.5 Å². The number of aromatic nitrogens is 2. The van der Waals surface area contributed by atoms with E-state index in [2.05, 4.69) is 17.1 Å². The summed E-state index contributed by atoms with van der Waals surface area (Å²) < 4.78 is 0. The van der Waals surface area contributed by atoms with Crippen molar-refractivity contribution in [3.05, 3.63) is 35.0 Å². The molecule has 1 aliphatic rings. The van der Waals surface area contributed by atoms with Gasteiger partial charge in [0.1, 0.15) is 5.69 Å². The summed E-state index contributed by atoms with van der Waals surface area (Å²) in [6, 6.07) is 8.14. The minimum atomic E-state index is -0.322. The molecule has 28 heavy (non-hydrogen) atoms. The minimum absolute atomic E-state index is 0.0164. The molecule has 3 aromatic rings. The Morgan fingerprint density at radius 2 is 2.00 bits per heavy atom. The molecular formula is C19H20N4O2S3. The molecule has 1 aliphatic heterocycles. The number of nitrogens with one attached hydrogen (secondary N) is 1. The number of likely N-dealkylation sites (tertiary alicyclic amines) is 1. The number of nitrogens with two attached hydrogens (primary N) is 1. The van der Waals surface area contributed by atoms with Crippen molar-refractivity contribution in [1.82, 2.24) is 14.9 Å². The van der Waals surface area contributed by atoms with Gasteiger partial charge in [-0.1, -0.05) is 23.9 Å². The third-order valence-corrected chi connectivity index (χ3v) is 7.34. The maximum absolute atomic E-state index is 12.6. The van der Waals surface area contributed by atoms with E-state index < -0.39 is 0 Å². The summed E-state index contributed by atoms with van der Waals surface area (Å²) in [5.74, 6) is -0.255. The van der Waals surface area contributed by atoms with Gasteiger partial charge in [-0.3, -0.25) is 9.59 Å². The predicted octanol–water partition coefficient (Wildman–Crippen LogP) is 3.68. The van der Waals surface area contributed by atoms with E-state index >= 15 is 0 Å². The average molecular weight is 433 g/mol. The van der Waals surface area contributed by atoms with E-state index in [1.165, 1.54) is 11.8 Å². The predicted molar refractivity (Wildman–Crippen MR) is 114 cm³/mol. The summed E-state index contributed by atoms with van der Waals surface area (Å²) in [6.07, 6.45) is 1.58. The Hall–Kier alpha value is -2.10. The average Bonchev–Trinajstić information content (AvgIpc) is 3.46. The molecule has 1 atom stereocenters. The maximum Gasteiger partial charge on any atom is 0.233 e. The normalized spacial score (nSPS) is 17.0. The summed E-state index contributed by atoms with van der Waals surface area (Å²) in [4.78, 5) is 36.1. The van der Waals surface area contributed by atoms with E-state index in [-0.39, 0.29) is 23.5 Å². The Morgan fingerprint density at radius 3 is 2.68 bits per heavy atom. The number of rotatable bonds is 6. The van der Waals surface area contributed by atoms with Crippen LogP contribution in [0.1, 0.15) is 12.8 Å². The van der Waals surface area contributed by atoms with Gasteiger partial charge in [-0.15, -0.1) is 22.7 Å². The molecule has 0 spiro atoms. The second-order valence-corrected chi connectivity index (χ2v) is 9.45. The molecule has 2 amide bonds. The van der Waals surface area contributed by atoms with Crippen molar-refractivity contribution < 1.29 is 9.59 Å². The second-order valence-electron chi connectivity index (χ2n) is 6.59. The largest absolute Gasteiger partial charge is 0.369 e. The number of hydrogen-bond donors (Lipinski definition) is 2. The Bertz CT molecular complexity index is 898. The quantitative estimate of drug-likeness (QED) is 0.581. The number of imidazole rings is 1. The van der Waals surface area contributed by atoms with E-state index in [0.717, 1.165) is 39.1 Å². The molecule has 3 aromatic heterocycles. The Morgan fingerprint density at radius 1 is 1.25 bits per heavy atom. The number of nitrogens with zero attached hydrogens (tertiary/aromatic N) is 2. The van der Waals surface area contributed by atoms with Gasteiger partial charge in [0.15, 0.2) is 5.16 Å². The summed E-state index contributed by atoms with van der Waals surface area (Å²) in [6.45, 7) is 1.11. The number of carbonyl (C=O) groups is 2. The highest BCUT2D eigenvalue weighted by Crippen LogP contribution is 2.36. The number of thioether (sulfide) groups is 1. The molecule has 0 bridgehead atoms. The lowest BCUT2D eigenvalue weighted by Crippen LogP contribution is -2.44. The zero-order chi connectivity index (χ0) is 19.5. The maximum atomic E-state index is 12.6. The first-order valence-corrected chi connectivity index (χ1v) is 11.7. The molecule has 1 fully saturated rings. The third-order valence-electron chi connectivity index (χ3n) is 4.71. The van der Waals surface area contributed by atoms with Crippen LogP contribution in [0.15, 0.2) is 40.2 Å². The lowest BCUT2D eigenvalue weighted by atomic mass is 9.97. The minimum Gasteiger partial charge on any atom is -0.369 e. The van der Waals surface area contributed by atoms with Crippen molar-refractivity contribution >= 4 is 46.2 Å². The van der Waals surface area contributed by atoms with Crippen molar-refractivity contribution in [2.24, 2.45) is 11.7 Å². The van der Waals surface area contributed by atoms with Gasteiger partial charge in [0.25, 0.3) is 0 Å². The molecule has 1 saturated heterocycles. The molecule has 0 radical (unpaired) electrons. The highest BCUT2D eigenvalue weighted by atomic mass is 32.2. The van der Waals surface area contributed by atoms with Crippen LogP contribution in [0.25, 0.3) is 21.1 Å². The second kappa shape index (κ2) is 8.50. The zero-order valence-electron chi connectivity index (χ0n) is 15.1. The molecule has 6 nitrogen and oxygen atoms in total. The van der Waals surface area contributed by atoms with Crippen molar-refractivity contribution in [3.63, 3.8) is 0 Å². The third kappa shape index (κ3) is 4.16. The van der Waals surface area contributed by atoms with Crippen LogP contribution >= 0.6 is 34.4 Å². The molecule has 0 saturated carbocycles. The van der Waals surface area contributed by atoms with E-state index in [9.17, 15) is 9.59 Å². The standard InChI is InChI=1S/C19H20N4O2S3/c20-18(25)12-4-1-7-23(10-12)15(24)11-28-19-21-16(13-5-2-8-26-13)17(22-19)14-6-3-9-27-14/h2-3,5-6,8-9,12H,1,4,7,10-11H2,(H2,20,25)(H,21,22)/t12-/m0/s1. The molecule has 4 rings (SSSR count). The SMILES string of the molecule is NC(=O)[C@H]1CCCN(C(=O)CSc2nc(-c3cccs3)c(-c3cccs3)[nH]2)C1. The number of primary amides is 1. The fourth-order valence-electron chi connectivity index (χ4n) is 3.27. The molecule has 0 aliphatic carbocycles. The van der Waals surface area contributed by atoms with E-state index in [1.54, 1.807) is 27.6 Å². The van der Waals surface area contributed by atoms with E-state index in [4.69, 9.17) is 10.7 Å². The molecule has 146 valence electrons. The number of carbonyl (C=O) groups excluding carboxylic acids is 2. The molecule has 4 heterocycles. The van der Waals surface area contributed by atoms with Gasteiger partial charge >= 0.3 is 0 Å². The van der Waals surface area contributed by atoms with Gasteiger partial charge in [-0.05, 0) is 35.7 Å². The number of hydrogen-bond acceptors (Lipinski definition) is 6. The van der Waals surface area contributed by atoms with Crippen LogP contribution in [0.2, 0.25) is 0 Å². The van der Waals surface area contributed by atoms with E-state index in [0.29, 0.717) is 13.1 Å². The van der Waals surface area contributed by atoms with Crippen molar-refractivity contribution in [3.8, 4) is 21.1 Å². The van der Waals surface area contributed by atoms with Crippen LogP contribution in [0.5, 0.6) is 0 Å².